The Hall–Kier alpha value is -1.72. The molecule has 1 N–H and O–H groups in total. The number of nitrogens with one attached hydrogen (secondary N) is 1. The summed E-state index contributed by atoms with van der Waals surface area (Å²) in [7, 11) is 0. The molecule has 1 aromatic rings. The van der Waals surface area contributed by atoms with E-state index in [2.05, 4.69) is 5.32 Å². The van der Waals surface area contributed by atoms with Gasteiger partial charge < -0.3 is 10.2 Å². The maximum atomic E-state index is 12.6. The van der Waals surface area contributed by atoms with Crippen molar-refractivity contribution in [2.45, 2.75) is 26.9 Å². The molecule has 6 heteroatoms. The van der Waals surface area contributed by atoms with Crippen molar-refractivity contribution in [2.24, 2.45) is 0 Å². The number of carbonyl (C=O) groups excluding carboxylic acids is 1. The highest BCUT2D eigenvalue weighted by atomic mass is 19.4. The Labute approximate surface area is 116 Å². The Kier molecular flexibility index (Phi) is 5.42. The fourth-order valence-corrected chi connectivity index (χ4v) is 1.85. The van der Waals surface area contributed by atoms with Gasteiger partial charge in [-0.3, -0.25) is 4.79 Å². The second-order valence-electron chi connectivity index (χ2n) is 4.45. The highest BCUT2D eigenvalue weighted by molar-refractivity contribution is 5.81. The van der Waals surface area contributed by atoms with Crippen LogP contribution in [-0.2, 0) is 11.0 Å². The smallest absolute Gasteiger partial charge is 0.376 e. The molecule has 0 spiro atoms. The lowest BCUT2D eigenvalue weighted by Gasteiger charge is -2.20. The number of nitrogens with zero attached hydrogens (tertiary/aromatic N) is 1. The summed E-state index contributed by atoms with van der Waals surface area (Å²) in [6.07, 6.45) is -4.38. The molecule has 0 fully saturated rings. The molecule has 3 nitrogen and oxygen atoms in total. The molecule has 0 aliphatic rings. The molecule has 0 bridgehead atoms. The Morgan fingerprint density at radius 1 is 1.25 bits per heavy atom. The monoisotopic (exact) mass is 288 g/mol. The molecule has 0 atom stereocenters. The predicted octanol–water partition coefficient (Wildman–Crippen LogP) is 3.29. The van der Waals surface area contributed by atoms with Crippen LogP contribution in [-0.4, -0.2) is 30.4 Å². The molecule has 0 aliphatic carbocycles. The van der Waals surface area contributed by atoms with Gasteiger partial charge >= 0.3 is 6.18 Å². The van der Waals surface area contributed by atoms with Gasteiger partial charge in [0.25, 0.3) is 0 Å². The number of carbonyl (C=O) groups is 1. The lowest BCUT2D eigenvalue weighted by Crippen LogP contribution is -2.35. The highest BCUT2D eigenvalue weighted by Gasteiger charge is 2.30. The van der Waals surface area contributed by atoms with Crippen LogP contribution in [0.5, 0.6) is 0 Å². The second-order valence-corrected chi connectivity index (χ2v) is 4.45. The molecule has 0 heterocycles. The van der Waals surface area contributed by atoms with Crippen LogP contribution < -0.4 is 5.32 Å². The van der Waals surface area contributed by atoms with Crippen LogP contribution in [0.25, 0.3) is 0 Å². The first-order valence-corrected chi connectivity index (χ1v) is 6.49. The van der Waals surface area contributed by atoms with E-state index in [-0.39, 0.29) is 12.5 Å². The zero-order valence-electron chi connectivity index (χ0n) is 11.8. The summed E-state index contributed by atoms with van der Waals surface area (Å²) in [5.74, 6) is -0.133. The number of amides is 1. The first kappa shape index (κ1) is 16.3. The van der Waals surface area contributed by atoms with E-state index in [1.165, 1.54) is 6.07 Å². The Morgan fingerprint density at radius 3 is 2.35 bits per heavy atom. The molecule has 20 heavy (non-hydrogen) atoms. The van der Waals surface area contributed by atoms with Crippen molar-refractivity contribution >= 4 is 11.6 Å². The van der Waals surface area contributed by atoms with Crippen molar-refractivity contribution < 1.29 is 18.0 Å². The largest absolute Gasteiger partial charge is 0.416 e. The number of anilines is 1. The minimum absolute atomic E-state index is 0.0101. The maximum Gasteiger partial charge on any atom is 0.416 e. The fourth-order valence-electron chi connectivity index (χ4n) is 1.85. The summed E-state index contributed by atoms with van der Waals surface area (Å²) < 4.78 is 37.9. The fraction of sp³-hybridized carbons (Fsp3) is 0.500. The van der Waals surface area contributed by atoms with Gasteiger partial charge in [-0.25, -0.2) is 0 Å². The topological polar surface area (TPSA) is 32.3 Å². The number of aryl methyl sites for hydroxylation is 1. The van der Waals surface area contributed by atoms with Gasteiger partial charge in [0.05, 0.1) is 12.1 Å². The summed E-state index contributed by atoms with van der Waals surface area (Å²) >= 11 is 0. The Bertz CT molecular complexity index is 468. The van der Waals surface area contributed by atoms with E-state index in [1.54, 1.807) is 11.8 Å². The summed E-state index contributed by atoms with van der Waals surface area (Å²) in [5, 5.41) is 2.78. The molecule has 0 saturated heterocycles. The van der Waals surface area contributed by atoms with E-state index in [4.69, 9.17) is 0 Å². The van der Waals surface area contributed by atoms with Gasteiger partial charge in [0.15, 0.2) is 0 Å². The third kappa shape index (κ3) is 4.15. The number of benzene rings is 1. The summed E-state index contributed by atoms with van der Waals surface area (Å²) in [5.41, 5.74) is 0.284. The molecule has 1 amide bonds. The number of hydrogen-bond acceptors (Lipinski definition) is 2. The number of halogens is 3. The minimum Gasteiger partial charge on any atom is -0.376 e. The van der Waals surface area contributed by atoms with Gasteiger partial charge in [-0.05, 0) is 38.5 Å². The van der Waals surface area contributed by atoms with Gasteiger partial charge in [0.1, 0.15) is 0 Å². The van der Waals surface area contributed by atoms with Crippen LogP contribution in [0, 0.1) is 6.92 Å². The Morgan fingerprint density at radius 2 is 1.85 bits per heavy atom. The molecule has 0 aromatic heterocycles. The molecule has 0 saturated carbocycles. The maximum absolute atomic E-state index is 12.6. The van der Waals surface area contributed by atoms with E-state index in [0.29, 0.717) is 24.3 Å². The molecular weight excluding hydrogens is 269 g/mol. The van der Waals surface area contributed by atoms with Gasteiger partial charge in [-0.2, -0.15) is 13.2 Å². The van der Waals surface area contributed by atoms with E-state index < -0.39 is 11.7 Å². The number of rotatable bonds is 5. The van der Waals surface area contributed by atoms with Gasteiger partial charge in [-0.15, -0.1) is 0 Å². The molecule has 0 aliphatic heterocycles. The van der Waals surface area contributed by atoms with Crippen LogP contribution in [0.4, 0.5) is 18.9 Å². The van der Waals surface area contributed by atoms with Gasteiger partial charge in [-0.1, -0.05) is 6.07 Å². The van der Waals surface area contributed by atoms with Crippen molar-refractivity contribution in [3.8, 4) is 0 Å². The molecule has 1 rings (SSSR count). The molecule has 0 radical (unpaired) electrons. The van der Waals surface area contributed by atoms with E-state index >= 15 is 0 Å². The summed E-state index contributed by atoms with van der Waals surface area (Å²) in [6.45, 7) is 6.57. The minimum atomic E-state index is -4.38. The van der Waals surface area contributed by atoms with Gasteiger partial charge in [0.2, 0.25) is 5.91 Å². The molecule has 112 valence electrons. The summed E-state index contributed by atoms with van der Waals surface area (Å²) in [4.78, 5) is 13.4. The van der Waals surface area contributed by atoms with Crippen LogP contribution in [0.2, 0.25) is 0 Å². The van der Waals surface area contributed by atoms with Crippen molar-refractivity contribution in [1.82, 2.24) is 4.90 Å². The molecule has 0 unspecified atom stereocenters. The quantitative estimate of drug-likeness (QED) is 0.901. The second kappa shape index (κ2) is 6.63. The van der Waals surface area contributed by atoms with Crippen LogP contribution >= 0.6 is 0 Å². The van der Waals surface area contributed by atoms with Crippen molar-refractivity contribution in [3.63, 3.8) is 0 Å². The first-order valence-electron chi connectivity index (χ1n) is 6.49. The van der Waals surface area contributed by atoms with Crippen LogP contribution in [0.1, 0.15) is 25.0 Å². The average molecular weight is 288 g/mol. The first-order chi connectivity index (χ1) is 9.29. The number of hydrogen-bond donors (Lipinski definition) is 1. The van der Waals surface area contributed by atoms with E-state index in [1.807, 2.05) is 13.8 Å². The van der Waals surface area contributed by atoms with Gasteiger partial charge in [0, 0.05) is 18.8 Å². The van der Waals surface area contributed by atoms with E-state index in [0.717, 1.165) is 12.1 Å². The molecule has 1 aromatic carbocycles. The third-order valence-corrected chi connectivity index (χ3v) is 3.11. The van der Waals surface area contributed by atoms with Crippen LogP contribution in [0.3, 0.4) is 0 Å². The third-order valence-electron chi connectivity index (χ3n) is 3.11. The lowest BCUT2D eigenvalue weighted by molar-refractivity contribution is -0.137. The zero-order valence-corrected chi connectivity index (χ0v) is 11.8. The van der Waals surface area contributed by atoms with E-state index in [9.17, 15) is 18.0 Å². The summed E-state index contributed by atoms with van der Waals surface area (Å²) in [6, 6.07) is 3.46. The van der Waals surface area contributed by atoms with Crippen molar-refractivity contribution in [3.05, 3.63) is 29.3 Å². The predicted molar refractivity (Wildman–Crippen MR) is 72.6 cm³/mol. The average Bonchev–Trinajstić information content (AvgIpc) is 2.37. The SMILES string of the molecule is CCN(CC)C(=O)CNc1cc(C(F)(F)F)ccc1C. The Balaban J connectivity index is 2.80. The zero-order chi connectivity index (χ0) is 15.3. The van der Waals surface area contributed by atoms with Crippen molar-refractivity contribution in [2.75, 3.05) is 25.0 Å². The lowest BCUT2D eigenvalue weighted by atomic mass is 10.1. The highest BCUT2D eigenvalue weighted by Crippen LogP contribution is 2.31. The standard InChI is InChI=1S/C14H19F3N2O/c1-4-19(5-2)13(20)9-18-12-8-11(14(15,16)17)7-6-10(12)3/h6-8,18H,4-5,9H2,1-3H3. The number of alkyl halides is 3. The van der Waals surface area contributed by atoms with Crippen LogP contribution in [0.15, 0.2) is 18.2 Å². The van der Waals surface area contributed by atoms with Crippen molar-refractivity contribution in [1.29, 1.82) is 0 Å². The normalized spacial score (nSPS) is 11.3. The number of likely N-dealkylation sites (N-methyl/N-ethyl adjacent to an activating group) is 1. The molecular formula is C14H19F3N2O.